The molecule has 130 valence electrons. The van der Waals surface area contributed by atoms with Gasteiger partial charge < -0.3 is 15.4 Å². The molecule has 3 heteroatoms. The third-order valence-electron chi connectivity index (χ3n) is 5.08. The normalized spacial score (nSPS) is 23.3. The monoisotopic (exact) mass is 318 g/mol. The second-order valence-corrected chi connectivity index (χ2v) is 8.52. The first-order valence-electron chi connectivity index (χ1n) is 8.81. The van der Waals surface area contributed by atoms with Crippen LogP contribution in [0.25, 0.3) is 0 Å². The Balaban J connectivity index is 2.00. The summed E-state index contributed by atoms with van der Waals surface area (Å²) in [6, 6.07) is 9.45. The summed E-state index contributed by atoms with van der Waals surface area (Å²) in [5.41, 5.74) is 1.73. The van der Waals surface area contributed by atoms with Crippen LogP contribution in [0.15, 0.2) is 24.3 Å². The number of ether oxygens (including phenoxy) is 1. The summed E-state index contributed by atoms with van der Waals surface area (Å²) in [6.07, 6.45) is 2.33. The maximum Gasteiger partial charge on any atom is 0.118 e. The number of hydrogen-bond acceptors (Lipinski definition) is 3. The van der Waals surface area contributed by atoms with Crippen molar-refractivity contribution in [2.24, 2.45) is 0 Å². The Bertz CT molecular complexity index is 491. The molecule has 1 aliphatic heterocycles. The van der Waals surface area contributed by atoms with Gasteiger partial charge in [0.2, 0.25) is 0 Å². The Labute approximate surface area is 142 Å². The van der Waals surface area contributed by atoms with Crippen LogP contribution in [0.4, 0.5) is 0 Å². The van der Waals surface area contributed by atoms with E-state index in [1.165, 1.54) is 5.56 Å². The summed E-state index contributed by atoms with van der Waals surface area (Å²) in [5.74, 6) is 1.39. The second-order valence-electron chi connectivity index (χ2n) is 8.52. The lowest BCUT2D eigenvalue weighted by Gasteiger charge is -2.47. The van der Waals surface area contributed by atoms with Gasteiger partial charge in [-0.15, -0.1) is 0 Å². The van der Waals surface area contributed by atoms with Gasteiger partial charge in [-0.3, -0.25) is 0 Å². The highest BCUT2D eigenvalue weighted by Crippen LogP contribution is 2.30. The van der Waals surface area contributed by atoms with Crippen LogP contribution in [0.3, 0.4) is 0 Å². The molecule has 0 aliphatic carbocycles. The SMILES string of the molecule is COc1ccc([C@@H](C)[C@H](C)NC2CC(C)(C)NC(C)(C)C2)cc1. The molecule has 0 spiro atoms. The fourth-order valence-electron chi connectivity index (χ4n) is 4.15. The van der Waals surface area contributed by atoms with Crippen molar-refractivity contribution in [3.8, 4) is 5.75 Å². The van der Waals surface area contributed by atoms with Gasteiger partial charge in [0, 0.05) is 23.2 Å². The molecule has 0 radical (unpaired) electrons. The minimum absolute atomic E-state index is 0.183. The Morgan fingerprint density at radius 2 is 1.57 bits per heavy atom. The van der Waals surface area contributed by atoms with Crippen LogP contribution in [-0.4, -0.2) is 30.3 Å². The van der Waals surface area contributed by atoms with Crippen LogP contribution in [0.2, 0.25) is 0 Å². The lowest BCUT2D eigenvalue weighted by Crippen LogP contribution is -2.62. The zero-order valence-corrected chi connectivity index (χ0v) is 15.9. The molecule has 2 atom stereocenters. The van der Waals surface area contributed by atoms with E-state index in [0.29, 0.717) is 18.0 Å². The molecule has 1 aromatic carbocycles. The highest BCUT2D eigenvalue weighted by atomic mass is 16.5. The van der Waals surface area contributed by atoms with E-state index in [4.69, 9.17) is 4.74 Å². The van der Waals surface area contributed by atoms with E-state index in [9.17, 15) is 0 Å². The minimum Gasteiger partial charge on any atom is -0.497 e. The number of hydrogen-bond donors (Lipinski definition) is 2. The highest BCUT2D eigenvalue weighted by Gasteiger charge is 2.38. The summed E-state index contributed by atoms with van der Waals surface area (Å²) >= 11 is 0. The molecule has 1 saturated heterocycles. The smallest absolute Gasteiger partial charge is 0.118 e. The van der Waals surface area contributed by atoms with Crippen molar-refractivity contribution in [1.29, 1.82) is 0 Å². The first kappa shape index (κ1) is 18.3. The number of nitrogens with one attached hydrogen (secondary N) is 2. The molecule has 3 nitrogen and oxygen atoms in total. The van der Waals surface area contributed by atoms with Gasteiger partial charge in [-0.05, 0) is 71.1 Å². The molecule has 1 fully saturated rings. The molecule has 0 bridgehead atoms. The summed E-state index contributed by atoms with van der Waals surface area (Å²) in [6.45, 7) is 13.8. The predicted octanol–water partition coefficient (Wildman–Crippen LogP) is 4.09. The van der Waals surface area contributed by atoms with Crippen LogP contribution >= 0.6 is 0 Å². The lowest BCUT2D eigenvalue weighted by molar-refractivity contribution is 0.138. The van der Waals surface area contributed by atoms with Crippen LogP contribution < -0.4 is 15.4 Å². The Morgan fingerprint density at radius 3 is 2.04 bits per heavy atom. The Hall–Kier alpha value is -1.06. The van der Waals surface area contributed by atoms with Gasteiger partial charge in [-0.1, -0.05) is 19.1 Å². The van der Waals surface area contributed by atoms with Crippen molar-refractivity contribution in [3.05, 3.63) is 29.8 Å². The van der Waals surface area contributed by atoms with E-state index in [2.05, 4.69) is 76.4 Å². The fourth-order valence-corrected chi connectivity index (χ4v) is 4.15. The largest absolute Gasteiger partial charge is 0.497 e. The van der Waals surface area contributed by atoms with Crippen molar-refractivity contribution in [1.82, 2.24) is 10.6 Å². The maximum absolute atomic E-state index is 5.25. The molecule has 1 aromatic rings. The number of methoxy groups -OCH3 is 1. The van der Waals surface area contributed by atoms with Crippen molar-refractivity contribution >= 4 is 0 Å². The molecular weight excluding hydrogens is 284 g/mol. The molecule has 1 heterocycles. The van der Waals surface area contributed by atoms with Crippen molar-refractivity contribution in [2.75, 3.05) is 7.11 Å². The van der Waals surface area contributed by atoms with E-state index >= 15 is 0 Å². The summed E-state index contributed by atoms with van der Waals surface area (Å²) in [4.78, 5) is 0. The van der Waals surface area contributed by atoms with Crippen LogP contribution in [0.1, 0.15) is 65.9 Å². The number of benzene rings is 1. The van der Waals surface area contributed by atoms with E-state index < -0.39 is 0 Å². The summed E-state index contributed by atoms with van der Waals surface area (Å²) < 4.78 is 5.25. The number of rotatable bonds is 5. The van der Waals surface area contributed by atoms with E-state index in [1.54, 1.807) is 7.11 Å². The second kappa shape index (κ2) is 6.82. The summed E-state index contributed by atoms with van der Waals surface area (Å²) in [7, 11) is 1.71. The average molecular weight is 319 g/mol. The van der Waals surface area contributed by atoms with Gasteiger partial charge >= 0.3 is 0 Å². The Kier molecular flexibility index (Phi) is 5.42. The third-order valence-corrected chi connectivity index (χ3v) is 5.08. The van der Waals surface area contributed by atoms with E-state index in [1.807, 2.05) is 0 Å². The first-order chi connectivity index (χ1) is 10.6. The molecule has 2 N–H and O–H groups in total. The number of piperidine rings is 1. The molecule has 0 saturated carbocycles. The van der Waals surface area contributed by atoms with E-state index in [0.717, 1.165) is 18.6 Å². The molecule has 0 unspecified atom stereocenters. The van der Waals surface area contributed by atoms with Crippen molar-refractivity contribution < 1.29 is 4.74 Å². The predicted molar refractivity (Wildman–Crippen MR) is 98.3 cm³/mol. The third kappa shape index (κ3) is 4.95. The van der Waals surface area contributed by atoms with Gasteiger partial charge in [0.25, 0.3) is 0 Å². The topological polar surface area (TPSA) is 33.3 Å². The van der Waals surface area contributed by atoms with E-state index in [-0.39, 0.29) is 11.1 Å². The average Bonchev–Trinajstić information content (AvgIpc) is 2.43. The molecule has 0 amide bonds. The van der Waals surface area contributed by atoms with Gasteiger partial charge in [0.05, 0.1) is 7.11 Å². The van der Waals surface area contributed by atoms with Gasteiger partial charge in [-0.25, -0.2) is 0 Å². The van der Waals surface area contributed by atoms with Gasteiger partial charge in [0.15, 0.2) is 0 Å². The van der Waals surface area contributed by atoms with Crippen LogP contribution in [0, 0.1) is 0 Å². The summed E-state index contributed by atoms with van der Waals surface area (Å²) in [5, 5.41) is 7.64. The standard InChI is InChI=1S/C20H34N2O/c1-14(16-8-10-18(23-7)11-9-16)15(2)21-17-12-19(3,4)22-20(5,6)13-17/h8-11,14-15,17,21-22H,12-13H2,1-7H3/t14-,15-/m0/s1. The molecule has 1 aliphatic rings. The molecule has 2 rings (SSSR count). The highest BCUT2D eigenvalue weighted by molar-refractivity contribution is 5.29. The van der Waals surface area contributed by atoms with Crippen molar-refractivity contribution in [2.45, 2.75) is 83.5 Å². The zero-order chi connectivity index (χ0) is 17.3. The molecule has 23 heavy (non-hydrogen) atoms. The molecular formula is C20H34N2O. The quantitative estimate of drug-likeness (QED) is 0.858. The Morgan fingerprint density at radius 1 is 1.04 bits per heavy atom. The van der Waals surface area contributed by atoms with Gasteiger partial charge in [-0.2, -0.15) is 0 Å². The van der Waals surface area contributed by atoms with Crippen LogP contribution in [0.5, 0.6) is 5.75 Å². The first-order valence-corrected chi connectivity index (χ1v) is 8.81. The van der Waals surface area contributed by atoms with Crippen molar-refractivity contribution in [3.63, 3.8) is 0 Å². The fraction of sp³-hybridized carbons (Fsp3) is 0.700. The van der Waals surface area contributed by atoms with Crippen LogP contribution in [-0.2, 0) is 0 Å². The van der Waals surface area contributed by atoms with Gasteiger partial charge in [0.1, 0.15) is 5.75 Å². The molecule has 0 aromatic heterocycles. The maximum atomic E-state index is 5.25. The zero-order valence-electron chi connectivity index (χ0n) is 15.9. The minimum atomic E-state index is 0.183. The lowest BCUT2D eigenvalue weighted by atomic mass is 9.79.